The maximum atomic E-state index is 12.5. The molecule has 0 atom stereocenters. The van der Waals surface area contributed by atoms with Crippen molar-refractivity contribution in [1.82, 2.24) is 29.5 Å². The Kier molecular flexibility index (Phi) is 13.8. The molecule has 52 heavy (non-hydrogen) atoms. The lowest BCUT2D eigenvalue weighted by atomic mass is 9.87. The summed E-state index contributed by atoms with van der Waals surface area (Å²) >= 11 is 0. The van der Waals surface area contributed by atoms with Crippen LogP contribution in [0.25, 0.3) is 16.7 Å². The second kappa shape index (κ2) is 17.6. The Morgan fingerprint density at radius 2 is 1.65 bits per heavy atom. The van der Waals surface area contributed by atoms with Crippen LogP contribution in [0.5, 0.6) is 0 Å². The molecule has 0 spiro atoms. The third-order valence-corrected chi connectivity index (χ3v) is 10.5. The lowest BCUT2D eigenvalue weighted by molar-refractivity contribution is 0.193. The van der Waals surface area contributed by atoms with Crippen molar-refractivity contribution in [2.45, 2.75) is 89.1 Å². The molecule has 12 nitrogen and oxygen atoms in total. The number of guanidine groups is 1. The Morgan fingerprint density at radius 3 is 2.23 bits per heavy atom. The largest absolute Gasteiger partial charge is 0.370 e. The number of likely N-dealkylation sites (tertiary alicyclic amines) is 1. The van der Waals surface area contributed by atoms with Crippen LogP contribution < -0.4 is 27.2 Å². The molecule has 0 amide bonds. The van der Waals surface area contributed by atoms with Gasteiger partial charge in [0.25, 0.3) is 0 Å². The van der Waals surface area contributed by atoms with Crippen LogP contribution >= 0.6 is 0 Å². The molecule has 0 aliphatic carbocycles. The van der Waals surface area contributed by atoms with Crippen LogP contribution in [0.1, 0.15) is 77.6 Å². The van der Waals surface area contributed by atoms with Gasteiger partial charge in [0.1, 0.15) is 12.3 Å². The predicted molar refractivity (Wildman–Crippen MR) is 208 cm³/mol. The van der Waals surface area contributed by atoms with Crippen molar-refractivity contribution in [2.24, 2.45) is 16.5 Å². The standard InChI is InChI=1S/C21H29N7O.C17H27FN2O2S/c1-21(2,3)17-11-15-13-28(20(29)27-18(15)26-17)16-7-5-14(6-8-16)12-24-9-4-10-25-19(22)23;1-17(2,3)14-4-6-16(7-5-14)23(21,22)19-15-8-11-20(12-9-15)13-10-18/h5-8,11,13,24H,4,9-10,12H2,1-3H3,(H4,22,23,25)(H,26,27,29);4-7,15,19H,8-13H2,1-3H3. The number of piperidine rings is 1. The van der Waals surface area contributed by atoms with Crippen LogP contribution in [0.2, 0.25) is 0 Å². The number of nitrogens with one attached hydrogen (secondary N) is 3. The average molecular weight is 738 g/mol. The maximum absolute atomic E-state index is 12.5. The summed E-state index contributed by atoms with van der Waals surface area (Å²) in [6, 6.07) is 16.9. The summed E-state index contributed by atoms with van der Waals surface area (Å²) in [6.45, 7) is 16.4. The highest BCUT2D eigenvalue weighted by atomic mass is 32.2. The van der Waals surface area contributed by atoms with Crippen molar-refractivity contribution in [3.63, 3.8) is 0 Å². The summed E-state index contributed by atoms with van der Waals surface area (Å²) in [6.07, 6.45) is 4.15. The third-order valence-electron chi connectivity index (χ3n) is 9.01. The first-order chi connectivity index (χ1) is 24.5. The van der Waals surface area contributed by atoms with Crippen LogP contribution in [-0.4, -0.2) is 79.3 Å². The number of aliphatic imine (C=N–C) groups is 1. The van der Waals surface area contributed by atoms with Crippen LogP contribution in [-0.2, 0) is 27.4 Å². The second-order valence-electron chi connectivity index (χ2n) is 15.3. The van der Waals surface area contributed by atoms with Crippen LogP contribution in [0.3, 0.4) is 0 Å². The van der Waals surface area contributed by atoms with Gasteiger partial charge in [0, 0.05) is 48.4 Å². The van der Waals surface area contributed by atoms with Gasteiger partial charge in [-0.2, -0.15) is 4.98 Å². The van der Waals surface area contributed by atoms with E-state index in [9.17, 15) is 17.6 Å². The molecule has 1 aliphatic heterocycles. The van der Waals surface area contributed by atoms with E-state index in [1.54, 1.807) is 16.7 Å². The zero-order valence-corrected chi connectivity index (χ0v) is 32.2. The number of aromatic amines is 1. The molecule has 4 aromatic rings. The number of aromatic nitrogens is 3. The minimum absolute atomic E-state index is 0.00102. The van der Waals surface area contributed by atoms with Gasteiger partial charge in [-0.05, 0) is 85.8 Å². The number of benzene rings is 2. The first-order valence-corrected chi connectivity index (χ1v) is 19.3. The molecule has 7 N–H and O–H groups in total. The van der Waals surface area contributed by atoms with Gasteiger partial charge in [-0.1, -0.05) is 65.8 Å². The van der Waals surface area contributed by atoms with Gasteiger partial charge >= 0.3 is 5.69 Å². The van der Waals surface area contributed by atoms with Gasteiger partial charge in [-0.15, -0.1) is 0 Å². The number of alkyl halides is 1. The van der Waals surface area contributed by atoms with Crippen molar-refractivity contribution in [3.8, 4) is 5.69 Å². The number of rotatable bonds is 12. The lowest BCUT2D eigenvalue weighted by Crippen LogP contribution is -2.45. The fourth-order valence-corrected chi connectivity index (χ4v) is 7.12. The topological polar surface area (TPSA) is 177 Å². The van der Waals surface area contributed by atoms with E-state index in [4.69, 9.17) is 11.5 Å². The number of hydrogen-bond donors (Lipinski definition) is 5. The molecule has 1 aliphatic rings. The van der Waals surface area contributed by atoms with Crippen LogP contribution in [0.15, 0.2) is 75.5 Å². The minimum Gasteiger partial charge on any atom is -0.370 e. The number of nitrogens with two attached hydrogens (primary N) is 2. The molecule has 0 bridgehead atoms. The van der Waals surface area contributed by atoms with E-state index in [-0.39, 0.29) is 35.2 Å². The summed E-state index contributed by atoms with van der Waals surface area (Å²) in [5.74, 6) is 0.123. The quantitative estimate of drug-likeness (QED) is 0.0805. The Morgan fingerprint density at radius 1 is 1.00 bits per heavy atom. The zero-order valence-electron chi connectivity index (χ0n) is 31.4. The van der Waals surface area contributed by atoms with Crippen molar-refractivity contribution in [2.75, 3.05) is 39.4 Å². The zero-order chi connectivity index (χ0) is 38.1. The van der Waals surface area contributed by atoms with E-state index in [0.717, 1.165) is 73.3 Å². The van der Waals surface area contributed by atoms with Gasteiger partial charge in [-0.25, -0.2) is 22.3 Å². The smallest absolute Gasteiger partial charge is 0.354 e. The molecule has 1 saturated heterocycles. The van der Waals surface area contributed by atoms with Gasteiger partial charge < -0.3 is 26.7 Å². The Bertz CT molecular complexity index is 1930. The van der Waals surface area contributed by atoms with E-state index in [1.807, 2.05) is 47.5 Å². The van der Waals surface area contributed by atoms with Crippen LogP contribution in [0, 0.1) is 0 Å². The van der Waals surface area contributed by atoms with E-state index in [2.05, 4.69) is 72.6 Å². The SMILES string of the molecule is CC(C)(C)c1cc2cn(-c3ccc(CNCCCN=C(N)N)cc3)c(=O)nc2[nH]1.CC(C)(C)c1ccc(S(=O)(=O)NC2CCN(CCF)CC2)cc1. The highest BCUT2D eigenvalue weighted by molar-refractivity contribution is 7.89. The monoisotopic (exact) mass is 737 g/mol. The van der Waals surface area contributed by atoms with Crippen molar-refractivity contribution >= 4 is 27.0 Å². The molecule has 1 fully saturated rings. The van der Waals surface area contributed by atoms with Gasteiger partial charge in [-0.3, -0.25) is 9.56 Å². The molecule has 0 radical (unpaired) electrons. The lowest BCUT2D eigenvalue weighted by Gasteiger charge is -2.31. The van der Waals surface area contributed by atoms with Gasteiger partial charge in [0.2, 0.25) is 10.0 Å². The molecule has 3 heterocycles. The van der Waals surface area contributed by atoms with E-state index in [0.29, 0.717) is 23.6 Å². The summed E-state index contributed by atoms with van der Waals surface area (Å²) in [7, 11) is -3.49. The number of H-pyrrole nitrogens is 1. The highest BCUT2D eigenvalue weighted by Gasteiger charge is 2.25. The molecule has 5 rings (SSSR count). The molecule has 284 valence electrons. The molecule has 0 unspecified atom stereocenters. The van der Waals surface area contributed by atoms with Crippen molar-refractivity contribution in [3.05, 3.63) is 88.1 Å². The first kappa shape index (κ1) is 40.7. The van der Waals surface area contributed by atoms with Crippen molar-refractivity contribution < 1.29 is 12.8 Å². The first-order valence-electron chi connectivity index (χ1n) is 17.9. The second-order valence-corrected chi connectivity index (χ2v) is 17.0. The normalized spacial score (nSPS) is 14.6. The predicted octanol–water partition coefficient (Wildman–Crippen LogP) is 4.46. The molecule has 0 saturated carbocycles. The van der Waals surface area contributed by atoms with Crippen molar-refractivity contribution in [1.29, 1.82) is 0 Å². The molecule has 2 aromatic heterocycles. The van der Waals surface area contributed by atoms with Gasteiger partial charge in [0.05, 0.1) is 10.6 Å². The number of halogens is 1. The van der Waals surface area contributed by atoms with E-state index >= 15 is 0 Å². The fourth-order valence-electron chi connectivity index (χ4n) is 5.82. The summed E-state index contributed by atoms with van der Waals surface area (Å²) < 4.78 is 41.7. The molecule has 2 aromatic carbocycles. The Labute approximate surface area is 307 Å². The number of fused-ring (bicyclic) bond motifs is 1. The fraction of sp³-hybridized carbons (Fsp3) is 0.500. The minimum atomic E-state index is -3.49. The summed E-state index contributed by atoms with van der Waals surface area (Å²) in [4.78, 5) is 26.2. The van der Waals surface area contributed by atoms with Gasteiger partial charge in [0.15, 0.2) is 5.96 Å². The molecule has 14 heteroatoms. The van der Waals surface area contributed by atoms with E-state index < -0.39 is 10.0 Å². The van der Waals surface area contributed by atoms with E-state index in [1.165, 1.54) is 0 Å². The number of hydrogen-bond acceptors (Lipinski definition) is 7. The Balaban J connectivity index is 0.000000239. The number of sulfonamides is 1. The maximum Gasteiger partial charge on any atom is 0.354 e. The number of nitrogens with zero attached hydrogens (tertiary/aromatic N) is 4. The highest BCUT2D eigenvalue weighted by Crippen LogP contribution is 2.25. The average Bonchev–Trinajstić information content (AvgIpc) is 3.51. The molecular formula is C38H56FN9O3S. The third kappa shape index (κ3) is 11.7. The summed E-state index contributed by atoms with van der Waals surface area (Å²) in [5.41, 5.74) is 15.0. The molecular weight excluding hydrogens is 682 g/mol. The van der Waals surface area contributed by atoms with Crippen LogP contribution in [0.4, 0.5) is 4.39 Å². The Hall–Kier alpha value is -4.11. The summed E-state index contributed by atoms with van der Waals surface area (Å²) in [5, 5.41) is 4.27.